The molecule has 1 rings (SSSR count). The molecule has 92 valence electrons. The van der Waals surface area contributed by atoms with Crippen molar-refractivity contribution in [2.75, 3.05) is 13.6 Å². The molecular formula is C11H20ClN3O. The Hall–Kier alpha value is -0.580. The maximum Gasteiger partial charge on any atom is 0.130 e. The molecule has 0 aliphatic carbocycles. The molecule has 16 heavy (non-hydrogen) atoms. The molecule has 2 N–H and O–H groups in total. The summed E-state index contributed by atoms with van der Waals surface area (Å²) in [5.74, 6) is 0. The molecule has 0 saturated heterocycles. The third-order valence-electron chi connectivity index (χ3n) is 2.74. The van der Waals surface area contributed by atoms with Gasteiger partial charge in [0.25, 0.3) is 0 Å². The van der Waals surface area contributed by atoms with Crippen molar-refractivity contribution >= 4 is 11.6 Å². The van der Waals surface area contributed by atoms with Gasteiger partial charge in [-0.05, 0) is 33.9 Å². The van der Waals surface area contributed by atoms with Crippen LogP contribution in [0.4, 0.5) is 0 Å². The molecule has 0 bridgehead atoms. The molecule has 1 unspecified atom stereocenters. The third kappa shape index (κ3) is 3.20. The summed E-state index contributed by atoms with van der Waals surface area (Å²) in [5.41, 5.74) is 1.07. The van der Waals surface area contributed by atoms with Crippen LogP contribution >= 0.6 is 11.6 Å². The van der Waals surface area contributed by atoms with Crippen LogP contribution in [-0.4, -0.2) is 34.1 Å². The molecule has 0 aliphatic heterocycles. The second-order valence-electron chi connectivity index (χ2n) is 4.51. The monoisotopic (exact) mass is 245 g/mol. The van der Waals surface area contributed by atoms with E-state index in [0.717, 1.165) is 17.8 Å². The molecule has 0 aliphatic rings. The lowest BCUT2D eigenvalue weighted by atomic mass is 9.93. The molecule has 1 aromatic rings. The van der Waals surface area contributed by atoms with Crippen LogP contribution in [-0.2, 0) is 13.5 Å². The molecule has 1 aromatic heterocycles. The maximum atomic E-state index is 10.2. The van der Waals surface area contributed by atoms with E-state index in [1.165, 1.54) is 0 Å². The molecule has 1 atom stereocenters. The van der Waals surface area contributed by atoms with E-state index in [2.05, 4.69) is 10.4 Å². The van der Waals surface area contributed by atoms with Crippen LogP contribution in [0, 0.1) is 6.92 Å². The van der Waals surface area contributed by atoms with Gasteiger partial charge in [-0.2, -0.15) is 5.10 Å². The summed E-state index contributed by atoms with van der Waals surface area (Å²) in [4.78, 5) is 0. The second kappa shape index (κ2) is 5.17. The normalized spacial score (nSPS) is 15.1. The minimum absolute atomic E-state index is 0.535. The van der Waals surface area contributed by atoms with Crippen molar-refractivity contribution in [2.24, 2.45) is 7.05 Å². The lowest BCUT2D eigenvalue weighted by Gasteiger charge is -2.23. The van der Waals surface area contributed by atoms with Gasteiger partial charge in [-0.1, -0.05) is 11.6 Å². The summed E-state index contributed by atoms with van der Waals surface area (Å²) in [6, 6.07) is 0. The predicted octanol–water partition coefficient (Wildman–Crippen LogP) is 1.28. The lowest BCUT2D eigenvalue weighted by Crippen LogP contribution is -2.31. The highest BCUT2D eigenvalue weighted by molar-refractivity contribution is 6.30. The van der Waals surface area contributed by atoms with Crippen molar-refractivity contribution in [1.29, 1.82) is 0 Å². The van der Waals surface area contributed by atoms with Gasteiger partial charge in [-0.15, -0.1) is 0 Å². The van der Waals surface area contributed by atoms with Gasteiger partial charge < -0.3 is 10.4 Å². The summed E-state index contributed by atoms with van der Waals surface area (Å²) in [5, 5.41) is 18.1. The van der Waals surface area contributed by atoms with Gasteiger partial charge in [0.1, 0.15) is 5.15 Å². The topological polar surface area (TPSA) is 50.1 Å². The van der Waals surface area contributed by atoms with E-state index in [1.54, 1.807) is 11.7 Å². The van der Waals surface area contributed by atoms with E-state index in [4.69, 9.17) is 11.6 Å². The zero-order valence-electron chi connectivity index (χ0n) is 10.3. The Kier molecular flexibility index (Phi) is 4.35. The van der Waals surface area contributed by atoms with E-state index in [-0.39, 0.29) is 0 Å². The first kappa shape index (κ1) is 13.5. The highest BCUT2D eigenvalue weighted by atomic mass is 35.5. The van der Waals surface area contributed by atoms with E-state index in [0.29, 0.717) is 18.0 Å². The lowest BCUT2D eigenvalue weighted by molar-refractivity contribution is 0.0519. The predicted molar refractivity (Wildman–Crippen MR) is 65.8 cm³/mol. The Labute approximate surface area is 102 Å². The fraction of sp³-hybridized carbons (Fsp3) is 0.727. The number of aromatic nitrogens is 2. The molecule has 0 spiro atoms. The van der Waals surface area contributed by atoms with Gasteiger partial charge in [0.05, 0.1) is 11.3 Å². The molecule has 0 fully saturated rings. The van der Waals surface area contributed by atoms with Crippen molar-refractivity contribution in [3.05, 3.63) is 16.4 Å². The van der Waals surface area contributed by atoms with E-state index in [1.807, 2.05) is 20.9 Å². The number of nitrogens with zero attached hydrogens (tertiary/aromatic N) is 2. The Morgan fingerprint density at radius 1 is 1.56 bits per heavy atom. The number of aryl methyl sites for hydroxylation is 2. The van der Waals surface area contributed by atoms with Crippen molar-refractivity contribution in [1.82, 2.24) is 15.1 Å². The van der Waals surface area contributed by atoms with Gasteiger partial charge >= 0.3 is 0 Å². The first-order valence-electron chi connectivity index (χ1n) is 5.42. The third-order valence-corrected chi connectivity index (χ3v) is 3.21. The number of halogens is 1. The summed E-state index contributed by atoms with van der Waals surface area (Å²) in [7, 11) is 3.68. The Balaban J connectivity index is 2.79. The van der Waals surface area contributed by atoms with Crippen molar-refractivity contribution in [3.63, 3.8) is 0 Å². The number of hydrogen-bond donors (Lipinski definition) is 2. The van der Waals surface area contributed by atoms with Crippen LogP contribution in [0.2, 0.25) is 5.15 Å². The van der Waals surface area contributed by atoms with Crippen molar-refractivity contribution in [2.45, 2.75) is 32.3 Å². The summed E-state index contributed by atoms with van der Waals surface area (Å²) < 4.78 is 1.64. The van der Waals surface area contributed by atoms with Crippen LogP contribution in [0.25, 0.3) is 0 Å². The Morgan fingerprint density at radius 3 is 2.62 bits per heavy atom. The smallest absolute Gasteiger partial charge is 0.130 e. The Bertz CT molecular complexity index is 360. The van der Waals surface area contributed by atoms with Crippen LogP contribution in [0.1, 0.15) is 24.6 Å². The van der Waals surface area contributed by atoms with Crippen LogP contribution in [0.15, 0.2) is 0 Å². The van der Waals surface area contributed by atoms with Crippen molar-refractivity contribution < 1.29 is 5.11 Å². The molecular weight excluding hydrogens is 226 g/mol. The molecule has 0 amide bonds. The second-order valence-corrected chi connectivity index (χ2v) is 4.86. The SMILES string of the molecule is CNCCC(C)(O)Cc1c(C)nn(C)c1Cl. The van der Waals surface area contributed by atoms with Crippen molar-refractivity contribution in [3.8, 4) is 0 Å². The first-order chi connectivity index (χ1) is 7.37. The van der Waals surface area contributed by atoms with Gasteiger partial charge in [-0.25, -0.2) is 0 Å². The van der Waals surface area contributed by atoms with Crippen LogP contribution in [0.5, 0.6) is 0 Å². The fourth-order valence-electron chi connectivity index (χ4n) is 1.74. The first-order valence-corrected chi connectivity index (χ1v) is 5.80. The standard InChI is InChI=1S/C11H20ClN3O/c1-8-9(10(12)15(4)14-8)7-11(2,16)5-6-13-3/h13,16H,5-7H2,1-4H3. The van der Waals surface area contributed by atoms with Crippen LogP contribution < -0.4 is 5.32 Å². The molecule has 0 saturated carbocycles. The quantitative estimate of drug-likeness (QED) is 0.822. The zero-order valence-corrected chi connectivity index (χ0v) is 11.1. The summed E-state index contributed by atoms with van der Waals surface area (Å²) in [6.07, 6.45) is 1.22. The number of rotatable bonds is 5. The number of aliphatic hydroxyl groups is 1. The average molecular weight is 246 g/mol. The maximum absolute atomic E-state index is 10.2. The number of hydrogen-bond acceptors (Lipinski definition) is 3. The minimum Gasteiger partial charge on any atom is -0.390 e. The molecule has 1 heterocycles. The van der Waals surface area contributed by atoms with Crippen LogP contribution in [0.3, 0.4) is 0 Å². The van der Waals surface area contributed by atoms with Gasteiger partial charge in [-0.3, -0.25) is 4.68 Å². The average Bonchev–Trinajstić information content (AvgIpc) is 2.42. The van der Waals surface area contributed by atoms with Gasteiger partial charge in [0.15, 0.2) is 0 Å². The van der Waals surface area contributed by atoms with E-state index < -0.39 is 5.60 Å². The Morgan fingerprint density at radius 2 is 2.19 bits per heavy atom. The molecule has 0 aromatic carbocycles. The molecule has 0 radical (unpaired) electrons. The fourth-order valence-corrected chi connectivity index (χ4v) is 1.98. The summed E-state index contributed by atoms with van der Waals surface area (Å²) in [6.45, 7) is 4.52. The molecule has 4 nitrogen and oxygen atoms in total. The zero-order chi connectivity index (χ0) is 12.3. The summed E-state index contributed by atoms with van der Waals surface area (Å²) >= 11 is 6.13. The number of nitrogens with one attached hydrogen (secondary N) is 1. The van der Waals surface area contributed by atoms with Gasteiger partial charge in [0.2, 0.25) is 0 Å². The highest BCUT2D eigenvalue weighted by Crippen LogP contribution is 2.25. The van der Waals surface area contributed by atoms with E-state index >= 15 is 0 Å². The largest absolute Gasteiger partial charge is 0.390 e. The van der Waals surface area contributed by atoms with E-state index in [9.17, 15) is 5.11 Å². The molecule has 5 heteroatoms. The van der Waals surface area contributed by atoms with Gasteiger partial charge in [0, 0.05) is 19.0 Å². The minimum atomic E-state index is -0.750. The highest BCUT2D eigenvalue weighted by Gasteiger charge is 2.24.